The van der Waals surface area contributed by atoms with Crippen molar-refractivity contribution in [2.45, 2.75) is 41.7 Å². The molecule has 3 amide bonds. The van der Waals surface area contributed by atoms with Gasteiger partial charge in [0.25, 0.3) is 5.91 Å². The van der Waals surface area contributed by atoms with Gasteiger partial charge in [0.05, 0.1) is 6.42 Å². The van der Waals surface area contributed by atoms with Crippen molar-refractivity contribution in [3.05, 3.63) is 33.0 Å². The Morgan fingerprint density at radius 1 is 1.38 bits per heavy atom. The molecule has 4 heterocycles. The molecule has 0 radical (unpaired) electrons. The molecule has 0 aromatic carbocycles. The SMILES string of the molecule is CC1S[C@@H]2C(NC(=O)Cc3ccsc3)C(=O)N2C(C(=O)O)=C1Sc1nnnn1CC(N)=O. The number of aromatic nitrogens is 4. The first-order valence-electron chi connectivity index (χ1n) is 9.25. The molecule has 0 bridgehead atoms. The summed E-state index contributed by atoms with van der Waals surface area (Å²) in [7, 11) is 0. The largest absolute Gasteiger partial charge is 0.477 e. The molecule has 2 aliphatic heterocycles. The summed E-state index contributed by atoms with van der Waals surface area (Å²) in [6.07, 6.45) is 0.144. The molecule has 12 nitrogen and oxygen atoms in total. The summed E-state index contributed by atoms with van der Waals surface area (Å²) >= 11 is 3.78. The van der Waals surface area contributed by atoms with Gasteiger partial charge in [-0.3, -0.25) is 19.3 Å². The fourth-order valence-electron chi connectivity index (χ4n) is 3.31. The Morgan fingerprint density at radius 3 is 2.81 bits per heavy atom. The molecular weight excluding hydrogens is 478 g/mol. The van der Waals surface area contributed by atoms with E-state index in [4.69, 9.17) is 5.73 Å². The fraction of sp³-hybridized carbons (Fsp3) is 0.353. The van der Waals surface area contributed by atoms with Gasteiger partial charge in [-0.15, -0.1) is 16.9 Å². The van der Waals surface area contributed by atoms with Gasteiger partial charge in [-0.2, -0.15) is 11.3 Å². The average Bonchev–Trinajstić information content (AvgIpc) is 3.39. The van der Waals surface area contributed by atoms with Crippen molar-refractivity contribution in [3.8, 4) is 0 Å². The molecule has 2 unspecified atom stereocenters. The Kier molecular flexibility index (Phi) is 6.21. The van der Waals surface area contributed by atoms with Crippen molar-refractivity contribution >= 4 is 58.6 Å². The van der Waals surface area contributed by atoms with Gasteiger partial charge in [0.15, 0.2) is 0 Å². The number of nitrogens with two attached hydrogens (primary N) is 1. The molecule has 0 spiro atoms. The Balaban J connectivity index is 1.55. The summed E-state index contributed by atoms with van der Waals surface area (Å²) in [5, 5.41) is 26.6. The van der Waals surface area contributed by atoms with E-state index in [1.54, 1.807) is 6.92 Å². The third kappa shape index (κ3) is 4.22. The maximum Gasteiger partial charge on any atom is 0.353 e. The van der Waals surface area contributed by atoms with Crippen LogP contribution < -0.4 is 11.1 Å². The summed E-state index contributed by atoms with van der Waals surface area (Å²) in [5.74, 6) is -2.74. The summed E-state index contributed by atoms with van der Waals surface area (Å²) in [6.45, 7) is 1.53. The number of hydrogen-bond acceptors (Lipinski definition) is 10. The van der Waals surface area contributed by atoms with E-state index in [0.29, 0.717) is 4.91 Å². The molecule has 1 saturated heterocycles. The molecule has 4 rings (SSSR count). The number of fused-ring (bicyclic) bond motifs is 1. The topological polar surface area (TPSA) is 173 Å². The summed E-state index contributed by atoms with van der Waals surface area (Å²) in [4.78, 5) is 50.0. The maximum absolute atomic E-state index is 12.8. The second-order valence-corrected chi connectivity index (χ2v) is 10.2. The van der Waals surface area contributed by atoms with Crippen LogP contribution in [0.25, 0.3) is 0 Å². The predicted octanol–water partition coefficient (Wildman–Crippen LogP) is -0.361. The smallest absolute Gasteiger partial charge is 0.353 e. The monoisotopic (exact) mass is 495 g/mol. The molecule has 15 heteroatoms. The number of carbonyl (C=O) groups excluding carboxylic acids is 3. The van der Waals surface area contributed by atoms with Crippen LogP contribution in [0.5, 0.6) is 0 Å². The first kappa shape index (κ1) is 22.3. The van der Waals surface area contributed by atoms with E-state index in [-0.39, 0.29) is 35.0 Å². The van der Waals surface area contributed by atoms with Gasteiger partial charge in [0.2, 0.25) is 17.0 Å². The van der Waals surface area contributed by atoms with Crippen LogP contribution in [0.4, 0.5) is 0 Å². The zero-order chi connectivity index (χ0) is 23.0. The highest BCUT2D eigenvalue weighted by Crippen LogP contribution is 2.48. The van der Waals surface area contributed by atoms with Gasteiger partial charge >= 0.3 is 5.97 Å². The van der Waals surface area contributed by atoms with Crippen molar-refractivity contribution in [1.82, 2.24) is 30.4 Å². The minimum absolute atomic E-state index is 0.144. The number of carboxylic acid groups (broad SMARTS) is 1. The predicted molar refractivity (Wildman–Crippen MR) is 115 cm³/mol. The van der Waals surface area contributed by atoms with E-state index >= 15 is 0 Å². The second-order valence-electron chi connectivity index (χ2n) is 6.94. The summed E-state index contributed by atoms with van der Waals surface area (Å²) < 4.78 is 1.16. The lowest BCUT2D eigenvalue weighted by Gasteiger charge is -2.50. The normalized spacial score (nSPS) is 22.3. The van der Waals surface area contributed by atoms with Gasteiger partial charge in [0, 0.05) is 10.2 Å². The van der Waals surface area contributed by atoms with Crippen LogP contribution in [-0.4, -0.2) is 70.6 Å². The van der Waals surface area contributed by atoms with Gasteiger partial charge < -0.3 is 16.2 Å². The number of rotatable bonds is 8. The number of nitrogens with zero attached hydrogens (tertiary/aromatic N) is 5. The number of tetrazole rings is 1. The van der Waals surface area contributed by atoms with Gasteiger partial charge in [-0.05, 0) is 51.5 Å². The lowest BCUT2D eigenvalue weighted by atomic mass is 10.0. The van der Waals surface area contributed by atoms with E-state index < -0.39 is 29.2 Å². The molecule has 2 aliphatic rings. The number of amides is 3. The number of aliphatic carboxylic acids is 1. The molecular formula is C17H17N7O5S3. The molecule has 3 atom stereocenters. The lowest BCUT2D eigenvalue weighted by Crippen LogP contribution is -2.71. The van der Waals surface area contributed by atoms with Crippen molar-refractivity contribution < 1.29 is 24.3 Å². The number of thioether (sulfide) groups is 2. The number of hydrogen-bond donors (Lipinski definition) is 3. The minimum Gasteiger partial charge on any atom is -0.477 e. The van der Waals surface area contributed by atoms with Crippen molar-refractivity contribution in [1.29, 1.82) is 0 Å². The summed E-state index contributed by atoms with van der Waals surface area (Å²) in [6, 6.07) is 1.02. The molecule has 2 aromatic heterocycles. The van der Waals surface area contributed by atoms with Crippen LogP contribution in [0.3, 0.4) is 0 Å². The van der Waals surface area contributed by atoms with Crippen LogP contribution in [-0.2, 0) is 32.1 Å². The highest BCUT2D eigenvalue weighted by Gasteiger charge is 2.56. The Hall–Kier alpha value is -2.91. The van der Waals surface area contributed by atoms with Crippen molar-refractivity contribution in [2.75, 3.05) is 0 Å². The molecule has 0 saturated carbocycles. The molecule has 32 heavy (non-hydrogen) atoms. The number of carbonyl (C=O) groups is 4. The van der Waals surface area contributed by atoms with Crippen molar-refractivity contribution in [2.24, 2.45) is 5.73 Å². The molecule has 0 aliphatic carbocycles. The second kappa shape index (κ2) is 8.91. The van der Waals surface area contributed by atoms with Gasteiger partial charge in [0.1, 0.15) is 23.7 Å². The molecule has 4 N–H and O–H groups in total. The average molecular weight is 496 g/mol. The van der Waals surface area contributed by atoms with Crippen molar-refractivity contribution in [3.63, 3.8) is 0 Å². The lowest BCUT2D eigenvalue weighted by molar-refractivity contribution is -0.150. The third-order valence-corrected chi connectivity index (χ3v) is 8.23. The van der Waals surface area contributed by atoms with E-state index in [1.807, 2.05) is 16.8 Å². The highest BCUT2D eigenvalue weighted by atomic mass is 32.2. The number of nitrogens with one attached hydrogen (secondary N) is 1. The van der Waals surface area contributed by atoms with Gasteiger partial charge in [-0.1, -0.05) is 0 Å². The number of thiophene rings is 1. The third-order valence-electron chi connectivity index (χ3n) is 4.70. The molecule has 168 valence electrons. The van der Waals surface area contributed by atoms with Crippen LogP contribution in [0.1, 0.15) is 12.5 Å². The highest BCUT2D eigenvalue weighted by molar-refractivity contribution is 8.06. The van der Waals surface area contributed by atoms with E-state index in [0.717, 1.165) is 22.0 Å². The van der Waals surface area contributed by atoms with E-state index in [1.165, 1.54) is 28.0 Å². The first-order valence-corrected chi connectivity index (χ1v) is 11.9. The zero-order valence-corrected chi connectivity index (χ0v) is 18.9. The number of primary amides is 1. The Bertz CT molecular complexity index is 1120. The number of β-lactam (4-membered cyclic amide) rings is 1. The minimum atomic E-state index is -1.28. The van der Waals surface area contributed by atoms with E-state index in [2.05, 4.69) is 20.8 Å². The van der Waals surface area contributed by atoms with Crippen LogP contribution in [0.15, 0.2) is 32.6 Å². The fourth-order valence-corrected chi connectivity index (χ4v) is 6.55. The van der Waals surface area contributed by atoms with Crippen LogP contribution >= 0.6 is 34.9 Å². The standard InChI is InChI=1S/C17H17N7O5S3/c1-7-13(32-17-20-21-22-23(17)5-9(18)25)12(16(28)29)24-14(27)11(15(24)31-7)19-10(26)4-8-2-3-30-6-8/h2-3,6-7,11,15H,4-5H2,1H3,(H2,18,25)(H,19,26)(H,28,29)/t7?,11?,15-/m1/s1. The van der Waals surface area contributed by atoms with Crippen LogP contribution in [0.2, 0.25) is 0 Å². The molecule has 2 aromatic rings. The molecule has 1 fully saturated rings. The first-order chi connectivity index (χ1) is 15.3. The Morgan fingerprint density at radius 2 is 2.16 bits per heavy atom. The van der Waals surface area contributed by atoms with Gasteiger partial charge in [-0.25, -0.2) is 9.48 Å². The number of carboxylic acids is 1. The quantitative estimate of drug-likeness (QED) is 0.410. The summed E-state index contributed by atoms with van der Waals surface area (Å²) in [5.41, 5.74) is 5.85. The maximum atomic E-state index is 12.8. The zero-order valence-electron chi connectivity index (χ0n) is 16.5. The van der Waals surface area contributed by atoms with Crippen LogP contribution in [0, 0.1) is 0 Å². The van der Waals surface area contributed by atoms with E-state index in [9.17, 15) is 24.3 Å². The Labute approximate surface area is 193 Å².